The molecule has 0 unspecified atom stereocenters. The quantitative estimate of drug-likeness (QED) is 0.790. The fraction of sp³-hybridized carbons (Fsp3) is 0.400. The van der Waals surface area contributed by atoms with Crippen molar-refractivity contribution < 1.29 is 4.79 Å². The van der Waals surface area contributed by atoms with Crippen LogP contribution in [0, 0.1) is 11.8 Å². The van der Waals surface area contributed by atoms with Crippen LogP contribution in [0.3, 0.4) is 0 Å². The van der Waals surface area contributed by atoms with Gasteiger partial charge in [-0.15, -0.1) is 0 Å². The van der Waals surface area contributed by atoms with E-state index in [-0.39, 0.29) is 5.91 Å². The predicted octanol–water partition coefficient (Wildman–Crippen LogP) is 2.52. The van der Waals surface area contributed by atoms with Crippen LogP contribution in [0.1, 0.15) is 37.8 Å². The summed E-state index contributed by atoms with van der Waals surface area (Å²) in [5.74, 6) is 6.05. The monoisotopic (exact) mass is 229 g/mol. The summed E-state index contributed by atoms with van der Waals surface area (Å²) in [6, 6.07) is 8.25. The van der Waals surface area contributed by atoms with E-state index in [0.29, 0.717) is 13.0 Å². The van der Waals surface area contributed by atoms with E-state index in [1.807, 2.05) is 19.1 Å². The van der Waals surface area contributed by atoms with Gasteiger partial charge in [0, 0.05) is 12.0 Å². The third-order valence-corrected chi connectivity index (χ3v) is 2.39. The van der Waals surface area contributed by atoms with Crippen molar-refractivity contribution in [3.8, 4) is 11.8 Å². The maximum absolute atomic E-state index is 11.0. The molecule has 1 aromatic rings. The molecule has 0 aliphatic carbocycles. The zero-order valence-corrected chi connectivity index (χ0v) is 10.5. The fourth-order valence-electron chi connectivity index (χ4n) is 1.51. The lowest BCUT2D eigenvalue weighted by Crippen LogP contribution is -2.22. The number of carbonyl (C=O) groups is 1. The lowest BCUT2D eigenvalue weighted by molar-refractivity contribution is -0.120. The molecule has 0 aliphatic heterocycles. The van der Waals surface area contributed by atoms with Crippen molar-refractivity contribution in [2.24, 2.45) is 0 Å². The lowest BCUT2D eigenvalue weighted by atomic mass is 10.1. The number of hydrogen-bond acceptors (Lipinski definition) is 1. The van der Waals surface area contributed by atoms with Gasteiger partial charge in [0.25, 0.3) is 0 Å². The van der Waals surface area contributed by atoms with E-state index in [9.17, 15) is 4.79 Å². The molecule has 1 rings (SSSR count). The highest BCUT2D eigenvalue weighted by Gasteiger charge is 1.93. The summed E-state index contributed by atoms with van der Waals surface area (Å²) in [6.45, 7) is 4.42. The van der Waals surface area contributed by atoms with Crippen LogP contribution in [0.5, 0.6) is 0 Å². The highest BCUT2D eigenvalue weighted by Crippen LogP contribution is 2.06. The van der Waals surface area contributed by atoms with E-state index in [4.69, 9.17) is 0 Å². The average molecular weight is 229 g/mol. The van der Waals surface area contributed by atoms with Gasteiger partial charge in [0.1, 0.15) is 0 Å². The summed E-state index contributed by atoms with van der Waals surface area (Å²) < 4.78 is 0. The van der Waals surface area contributed by atoms with Crippen LogP contribution in [0.2, 0.25) is 0 Å². The topological polar surface area (TPSA) is 29.1 Å². The summed E-state index contributed by atoms with van der Waals surface area (Å²) in [5, 5.41) is 2.73. The maximum Gasteiger partial charge on any atom is 0.220 e. The molecule has 1 aromatic carbocycles. The summed E-state index contributed by atoms with van der Waals surface area (Å²) in [5.41, 5.74) is 2.33. The van der Waals surface area contributed by atoms with E-state index in [0.717, 1.165) is 18.4 Å². The third kappa shape index (κ3) is 5.21. The Morgan fingerprint density at radius 1 is 1.35 bits per heavy atom. The summed E-state index contributed by atoms with van der Waals surface area (Å²) in [6.07, 6.45) is 2.74. The second-order valence-corrected chi connectivity index (χ2v) is 3.88. The molecule has 0 aromatic heterocycles. The minimum Gasteiger partial charge on any atom is -0.345 e. The first-order chi connectivity index (χ1) is 8.26. The smallest absolute Gasteiger partial charge is 0.220 e. The Hall–Kier alpha value is -1.75. The molecule has 2 nitrogen and oxygen atoms in total. The van der Waals surface area contributed by atoms with Crippen molar-refractivity contribution in [2.45, 2.75) is 33.1 Å². The van der Waals surface area contributed by atoms with E-state index >= 15 is 0 Å². The second kappa shape index (κ2) is 7.51. The number of aryl methyl sites for hydroxylation is 1. The standard InChI is InChI=1S/C15H19NO/c1-3-7-13-8-5-9-14(12-13)10-6-11-16-15(17)4-2/h5,8-9,12H,3-4,7,11H2,1-2H3,(H,16,17). The van der Waals surface area contributed by atoms with Gasteiger partial charge in [0.05, 0.1) is 6.54 Å². The van der Waals surface area contributed by atoms with Crippen LogP contribution in [-0.4, -0.2) is 12.5 Å². The number of benzene rings is 1. The number of amides is 1. The van der Waals surface area contributed by atoms with Gasteiger partial charge in [-0.3, -0.25) is 4.79 Å². The van der Waals surface area contributed by atoms with Crippen molar-refractivity contribution in [3.63, 3.8) is 0 Å². The maximum atomic E-state index is 11.0. The average Bonchev–Trinajstić information content (AvgIpc) is 2.35. The van der Waals surface area contributed by atoms with Gasteiger partial charge in [-0.25, -0.2) is 0 Å². The van der Waals surface area contributed by atoms with Crippen LogP contribution < -0.4 is 5.32 Å². The molecule has 0 aliphatic rings. The van der Waals surface area contributed by atoms with Crippen molar-refractivity contribution in [3.05, 3.63) is 35.4 Å². The molecule has 1 N–H and O–H groups in total. The van der Waals surface area contributed by atoms with Gasteiger partial charge < -0.3 is 5.32 Å². The molecular weight excluding hydrogens is 210 g/mol. The second-order valence-electron chi connectivity index (χ2n) is 3.88. The highest BCUT2D eigenvalue weighted by atomic mass is 16.1. The SMILES string of the molecule is CCCc1cccc(C#CCNC(=O)CC)c1. The molecule has 0 heterocycles. The molecule has 2 heteroatoms. The largest absolute Gasteiger partial charge is 0.345 e. The van der Waals surface area contributed by atoms with E-state index in [1.165, 1.54) is 5.56 Å². The van der Waals surface area contributed by atoms with Gasteiger partial charge in [-0.05, 0) is 24.1 Å². The first-order valence-corrected chi connectivity index (χ1v) is 6.10. The summed E-state index contributed by atoms with van der Waals surface area (Å²) >= 11 is 0. The molecule has 0 atom stereocenters. The number of carbonyl (C=O) groups excluding carboxylic acids is 1. The van der Waals surface area contributed by atoms with Crippen LogP contribution in [-0.2, 0) is 11.2 Å². The van der Waals surface area contributed by atoms with Crippen LogP contribution in [0.4, 0.5) is 0 Å². The Balaban J connectivity index is 2.53. The van der Waals surface area contributed by atoms with Gasteiger partial charge in [0.15, 0.2) is 0 Å². The normalized spacial score (nSPS) is 9.29. The molecule has 0 saturated carbocycles. The summed E-state index contributed by atoms with van der Waals surface area (Å²) in [7, 11) is 0. The van der Waals surface area contributed by atoms with E-state index in [2.05, 4.69) is 36.2 Å². The fourth-order valence-corrected chi connectivity index (χ4v) is 1.51. The van der Waals surface area contributed by atoms with Crippen molar-refractivity contribution in [1.82, 2.24) is 5.32 Å². The highest BCUT2D eigenvalue weighted by molar-refractivity contribution is 5.75. The molecule has 0 spiro atoms. The van der Waals surface area contributed by atoms with Gasteiger partial charge in [0.2, 0.25) is 5.91 Å². The molecule has 0 saturated heterocycles. The zero-order chi connectivity index (χ0) is 12.5. The molecule has 1 amide bonds. The lowest BCUT2D eigenvalue weighted by Gasteiger charge is -1.98. The van der Waals surface area contributed by atoms with Crippen LogP contribution in [0.15, 0.2) is 24.3 Å². The van der Waals surface area contributed by atoms with E-state index in [1.54, 1.807) is 0 Å². The van der Waals surface area contributed by atoms with Crippen LogP contribution >= 0.6 is 0 Å². The minimum atomic E-state index is 0.0408. The number of nitrogens with one attached hydrogen (secondary N) is 1. The molecule has 90 valence electrons. The van der Waals surface area contributed by atoms with E-state index < -0.39 is 0 Å². The Bertz CT molecular complexity index is 426. The first-order valence-electron chi connectivity index (χ1n) is 6.10. The molecule has 0 radical (unpaired) electrons. The Labute approximate surface area is 103 Å². The molecule has 17 heavy (non-hydrogen) atoms. The van der Waals surface area contributed by atoms with Gasteiger partial charge >= 0.3 is 0 Å². The van der Waals surface area contributed by atoms with Gasteiger partial charge in [-0.2, -0.15) is 0 Å². The predicted molar refractivity (Wildman–Crippen MR) is 70.6 cm³/mol. The molecular formula is C15H19NO. The van der Waals surface area contributed by atoms with Crippen molar-refractivity contribution in [2.75, 3.05) is 6.54 Å². The van der Waals surface area contributed by atoms with Gasteiger partial charge in [-0.1, -0.05) is 44.2 Å². The summed E-state index contributed by atoms with van der Waals surface area (Å²) in [4.78, 5) is 11.0. The Morgan fingerprint density at radius 2 is 2.18 bits per heavy atom. The Kier molecular flexibility index (Phi) is 5.88. The minimum absolute atomic E-state index is 0.0408. The van der Waals surface area contributed by atoms with Crippen molar-refractivity contribution >= 4 is 5.91 Å². The number of hydrogen-bond donors (Lipinski definition) is 1. The first kappa shape index (κ1) is 13.3. The number of rotatable bonds is 4. The Morgan fingerprint density at radius 3 is 2.88 bits per heavy atom. The molecule has 0 fully saturated rings. The zero-order valence-electron chi connectivity index (χ0n) is 10.5. The molecule has 0 bridgehead atoms. The van der Waals surface area contributed by atoms with Crippen molar-refractivity contribution in [1.29, 1.82) is 0 Å². The van der Waals surface area contributed by atoms with Crippen LogP contribution in [0.25, 0.3) is 0 Å². The third-order valence-electron chi connectivity index (χ3n) is 2.39.